The summed E-state index contributed by atoms with van der Waals surface area (Å²) >= 11 is 0. The van der Waals surface area contributed by atoms with Gasteiger partial charge in [-0.2, -0.15) is 6.42 Å². The van der Waals surface area contributed by atoms with E-state index in [1.807, 2.05) is 0 Å². The van der Waals surface area contributed by atoms with E-state index in [1.165, 1.54) is 6.42 Å². The molecule has 0 saturated carbocycles. The van der Waals surface area contributed by atoms with E-state index in [0.29, 0.717) is 0 Å². The average Bonchev–Trinajstić information content (AvgIpc) is 1.65. The molecule has 0 heterocycles. The van der Waals surface area contributed by atoms with Crippen molar-refractivity contribution < 1.29 is 71.0 Å². The van der Waals surface area contributed by atoms with Crippen LogP contribution in [0, 0.1) is 6.92 Å². The molecule has 0 aliphatic heterocycles. The van der Waals surface area contributed by atoms with Crippen LogP contribution >= 0.6 is 0 Å². The van der Waals surface area contributed by atoms with Crippen LogP contribution in [0.2, 0.25) is 0 Å². The van der Waals surface area contributed by atoms with Gasteiger partial charge in [0.2, 0.25) is 0 Å². The van der Waals surface area contributed by atoms with Crippen molar-refractivity contribution in [2.45, 2.75) is 19.8 Å². The second-order valence-electron chi connectivity index (χ2n) is 1.10. The van der Waals surface area contributed by atoms with Gasteiger partial charge in [-0.3, -0.25) is 12.9 Å². The zero-order valence-electron chi connectivity index (χ0n) is 6.60. The summed E-state index contributed by atoms with van der Waals surface area (Å²) in [6.45, 7) is 5.72. The standard InChI is InChI=1S/C4H9.BF3.BrH.Cu.HI.Mg/c1-3-4-2;2-1(3)4;;;;/h1,3-4H2,2H3;;1H;;1H;/q-1;;;+1;;+2/p-2. The predicted molar refractivity (Wildman–Crippen MR) is 35.1 cm³/mol. The van der Waals surface area contributed by atoms with Crippen LogP contribution in [0.5, 0.6) is 0 Å². The van der Waals surface area contributed by atoms with Crippen LogP contribution in [0.25, 0.3) is 0 Å². The zero-order chi connectivity index (χ0) is 6.99. The molecule has 0 atom stereocenters. The topological polar surface area (TPSA) is 0 Å². The third kappa shape index (κ3) is 142. The third-order valence-corrected chi connectivity index (χ3v) is 0.354. The number of hydrogen-bond donors (Lipinski definition) is 0. The molecule has 8 heteroatoms. The first-order valence-electron chi connectivity index (χ1n) is 2.36. The summed E-state index contributed by atoms with van der Waals surface area (Å²) < 4.78 is 29.0. The van der Waals surface area contributed by atoms with Crippen LogP contribution in [0.3, 0.4) is 0 Å². The van der Waals surface area contributed by atoms with Gasteiger partial charge >= 0.3 is 47.7 Å². The minimum atomic E-state index is -3.67. The summed E-state index contributed by atoms with van der Waals surface area (Å²) in [4.78, 5) is 0. The Labute approximate surface area is 127 Å². The van der Waals surface area contributed by atoms with E-state index in [4.69, 9.17) is 0 Å². The van der Waals surface area contributed by atoms with Crippen LogP contribution in [0.4, 0.5) is 12.9 Å². The molecule has 0 rings (SSSR count). The Kier molecular flexibility index (Phi) is 115. The van der Waals surface area contributed by atoms with Gasteiger partial charge in [-0.25, -0.2) is 0 Å². The quantitative estimate of drug-likeness (QED) is 0.232. The third-order valence-electron chi connectivity index (χ3n) is 0.354. The molecule has 0 radical (unpaired) electrons. The van der Waals surface area contributed by atoms with Gasteiger partial charge in [0.05, 0.1) is 0 Å². The normalized spacial score (nSPS) is 4.75. The van der Waals surface area contributed by atoms with Gasteiger partial charge in [0, 0.05) is 0 Å². The second kappa shape index (κ2) is 37.7. The fourth-order valence-electron chi connectivity index (χ4n) is 0. The Bertz CT molecular complexity index is 46.7. The molecule has 0 unspecified atom stereocenters. The largest absolute Gasteiger partial charge is 2.00 e. The molecular formula is C4H9BBrCuF3IMg. The van der Waals surface area contributed by atoms with E-state index in [-0.39, 0.29) is 81.1 Å². The monoisotopic (exact) mass is 418 g/mol. The summed E-state index contributed by atoms with van der Waals surface area (Å²) in [7, 11) is -3.67. The smallest absolute Gasteiger partial charge is 1.00 e. The summed E-state index contributed by atoms with van der Waals surface area (Å²) in [6.07, 6.45) is 2.28. The molecule has 12 heavy (non-hydrogen) atoms. The fourth-order valence-corrected chi connectivity index (χ4v) is 0. The fraction of sp³-hybridized carbons (Fsp3) is 0.750. The first kappa shape index (κ1) is 36.7. The maximum atomic E-state index is 9.67. The summed E-state index contributed by atoms with van der Waals surface area (Å²) in [5, 5.41) is 0. The molecule has 0 amide bonds. The molecule has 0 fully saturated rings. The van der Waals surface area contributed by atoms with Crippen molar-refractivity contribution >= 4 is 30.6 Å². The zero-order valence-corrected chi connectivity index (χ0v) is 12.7. The van der Waals surface area contributed by atoms with Crippen LogP contribution in [-0.4, -0.2) is 30.6 Å². The van der Waals surface area contributed by atoms with Gasteiger partial charge in [0.15, 0.2) is 0 Å². The van der Waals surface area contributed by atoms with Gasteiger partial charge in [0.1, 0.15) is 0 Å². The Morgan fingerprint density at radius 1 is 1.25 bits per heavy atom. The first-order chi connectivity index (χ1) is 3.65. The Balaban J connectivity index is -0.0000000112. The molecule has 0 saturated heterocycles. The van der Waals surface area contributed by atoms with Gasteiger partial charge in [0.25, 0.3) is 0 Å². The van der Waals surface area contributed by atoms with E-state index in [2.05, 4.69) is 13.8 Å². The van der Waals surface area contributed by atoms with Crippen molar-refractivity contribution in [2.24, 2.45) is 0 Å². The van der Waals surface area contributed by atoms with Gasteiger partial charge in [-0.1, -0.05) is 13.3 Å². The van der Waals surface area contributed by atoms with Gasteiger partial charge in [-0.05, 0) is 0 Å². The molecule has 0 aromatic rings. The molecule has 76 valence electrons. The molecule has 0 aromatic heterocycles. The summed E-state index contributed by atoms with van der Waals surface area (Å²) in [5.74, 6) is 0. The van der Waals surface area contributed by atoms with Gasteiger partial charge in [-0.15, -0.1) is 0 Å². The molecule has 0 N–H and O–H groups in total. The van der Waals surface area contributed by atoms with Crippen molar-refractivity contribution in [2.75, 3.05) is 0 Å². The van der Waals surface area contributed by atoms with Crippen LogP contribution in [0.15, 0.2) is 0 Å². The maximum absolute atomic E-state index is 9.67. The predicted octanol–water partition coefficient (Wildman–Crippen LogP) is -3.87. The van der Waals surface area contributed by atoms with E-state index < -0.39 is 7.54 Å². The van der Waals surface area contributed by atoms with Crippen molar-refractivity contribution in [3.05, 3.63) is 6.92 Å². The number of rotatable bonds is 1. The van der Waals surface area contributed by atoms with E-state index in [9.17, 15) is 12.9 Å². The molecule has 0 aliphatic rings. The van der Waals surface area contributed by atoms with Crippen molar-refractivity contribution in [1.82, 2.24) is 0 Å². The number of halogens is 5. The Morgan fingerprint density at radius 3 is 1.33 bits per heavy atom. The molecule has 0 aliphatic carbocycles. The minimum Gasteiger partial charge on any atom is -1.00 e. The molecular weight excluding hydrogens is 411 g/mol. The minimum absolute atomic E-state index is 0. The first-order valence-corrected chi connectivity index (χ1v) is 2.36. The summed E-state index contributed by atoms with van der Waals surface area (Å²) in [6, 6.07) is 0. The van der Waals surface area contributed by atoms with Crippen molar-refractivity contribution in [1.29, 1.82) is 0 Å². The molecule has 0 spiro atoms. The van der Waals surface area contributed by atoms with Gasteiger partial charge < -0.3 is 47.9 Å². The summed E-state index contributed by atoms with van der Waals surface area (Å²) in [5.41, 5.74) is 0. The Morgan fingerprint density at radius 2 is 1.33 bits per heavy atom. The van der Waals surface area contributed by atoms with Crippen molar-refractivity contribution in [3.8, 4) is 0 Å². The SMILES string of the molecule is FB(F)F.[Br-].[CH2-]CCC.[Cu+].[I-].[Mg+2]. The Hall–Kier alpha value is 2.35. The molecule has 0 nitrogen and oxygen atoms in total. The number of hydrogen-bond acceptors (Lipinski definition) is 0. The van der Waals surface area contributed by atoms with E-state index >= 15 is 0 Å². The van der Waals surface area contributed by atoms with Crippen LogP contribution in [-0.2, 0) is 17.1 Å². The van der Waals surface area contributed by atoms with Crippen LogP contribution < -0.4 is 41.0 Å². The molecule has 0 bridgehead atoms. The van der Waals surface area contributed by atoms with Crippen molar-refractivity contribution in [3.63, 3.8) is 0 Å². The van der Waals surface area contributed by atoms with Crippen LogP contribution in [0.1, 0.15) is 19.8 Å². The van der Waals surface area contributed by atoms with E-state index in [0.717, 1.165) is 6.42 Å². The number of unbranched alkanes of at least 4 members (excludes halogenated alkanes) is 1. The van der Waals surface area contributed by atoms with E-state index in [1.54, 1.807) is 0 Å². The second-order valence-corrected chi connectivity index (χ2v) is 1.10. The molecule has 0 aromatic carbocycles. The maximum Gasteiger partial charge on any atom is 2.00 e. The average molecular weight is 420 g/mol.